The summed E-state index contributed by atoms with van der Waals surface area (Å²) >= 11 is 0. The minimum atomic E-state index is 1.08. The Morgan fingerprint density at radius 1 is 1.18 bits per heavy atom. The lowest BCUT2D eigenvalue weighted by atomic mass is 10.1. The van der Waals surface area contributed by atoms with Gasteiger partial charge >= 0.3 is 0 Å². The van der Waals surface area contributed by atoms with Gasteiger partial charge in [0.1, 0.15) is 0 Å². The molecular formula is C11H14. The lowest BCUT2D eigenvalue weighted by molar-refractivity contribution is 0.950. The highest BCUT2D eigenvalue weighted by Crippen LogP contribution is 2.12. The highest BCUT2D eigenvalue weighted by Gasteiger charge is 1.92. The Kier molecular flexibility index (Phi) is 2.91. The summed E-state index contributed by atoms with van der Waals surface area (Å²) in [5, 5.41) is 0. The molecule has 0 saturated heterocycles. The average Bonchev–Trinajstić information content (AvgIpc) is 2.06. The fourth-order valence-electron chi connectivity index (χ4n) is 1.00. The van der Waals surface area contributed by atoms with E-state index >= 15 is 0 Å². The van der Waals surface area contributed by atoms with Crippen LogP contribution in [-0.2, 0) is 0 Å². The molecule has 0 saturated carbocycles. The van der Waals surface area contributed by atoms with Crippen LogP contribution in [-0.4, -0.2) is 0 Å². The summed E-state index contributed by atoms with van der Waals surface area (Å²) < 4.78 is 0. The Morgan fingerprint density at radius 2 is 2.00 bits per heavy atom. The maximum atomic E-state index is 3.94. The largest absolute Gasteiger partial charge is 0.0958 e. The van der Waals surface area contributed by atoms with Gasteiger partial charge < -0.3 is 0 Å². The van der Waals surface area contributed by atoms with E-state index < -0.39 is 0 Å². The predicted octanol–water partition coefficient (Wildman–Crippen LogP) is 3.40. The second kappa shape index (κ2) is 3.97. The van der Waals surface area contributed by atoms with Gasteiger partial charge in [-0.15, -0.1) is 0 Å². The van der Waals surface area contributed by atoms with Crippen LogP contribution in [0.25, 0.3) is 0 Å². The van der Waals surface area contributed by atoms with E-state index in [0.29, 0.717) is 0 Å². The molecule has 0 bridgehead atoms. The van der Waals surface area contributed by atoms with E-state index in [1.54, 1.807) is 0 Å². The van der Waals surface area contributed by atoms with Crippen molar-refractivity contribution >= 4 is 0 Å². The van der Waals surface area contributed by atoms with Gasteiger partial charge in [0.25, 0.3) is 0 Å². The molecule has 0 aromatic rings. The molecule has 0 unspecified atom stereocenters. The van der Waals surface area contributed by atoms with E-state index in [0.717, 1.165) is 12.8 Å². The Morgan fingerprint density at radius 3 is 2.82 bits per heavy atom. The first-order valence-electron chi connectivity index (χ1n) is 3.97. The van der Waals surface area contributed by atoms with E-state index in [9.17, 15) is 0 Å². The molecule has 0 spiro atoms. The van der Waals surface area contributed by atoms with Crippen molar-refractivity contribution in [3.63, 3.8) is 0 Å². The number of hydrogen-bond acceptors (Lipinski definition) is 0. The van der Waals surface area contributed by atoms with Crippen molar-refractivity contribution in [2.24, 2.45) is 0 Å². The molecule has 0 N–H and O–H groups in total. The first-order valence-corrected chi connectivity index (χ1v) is 3.97. The topological polar surface area (TPSA) is 0 Å². The van der Waals surface area contributed by atoms with Crippen molar-refractivity contribution in [3.8, 4) is 0 Å². The van der Waals surface area contributed by atoms with Crippen molar-refractivity contribution in [3.05, 3.63) is 48.1 Å². The summed E-state index contributed by atoms with van der Waals surface area (Å²) in [4.78, 5) is 0. The molecule has 0 atom stereocenters. The van der Waals surface area contributed by atoms with E-state index in [-0.39, 0.29) is 0 Å². The Bertz CT molecular complexity index is 226. The smallest absolute Gasteiger partial charge is 0.0247 e. The van der Waals surface area contributed by atoms with Crippen LogP contribution < -0.4 is 0 Å². The van der Waals surface area contributed by atoms with Crippen LogP contribution >= 0.6 is 0 Å². The Labute approximate surface area is 68.6 Å². The second-order valence-corrected chi connectivity index (χ2v) is 2.92. The van der Waals surface area contributed by atoms with Gasteiger partial charge in [0, 0.05) is 0 Å². The number of allylic oxidation sites excluding steroid dienone is 7. The molecule has 1 aliphatic rings. The van der Waals surface area contributed by atoms with Crippen molar-refractivity contribution < 1.29 is 0 Å². The molecule has 0 amide bonds. The van der Waals surface area contributed by atoms with E-state index in [1.165, 1.54) is 11.1 Å². The van der Waals surface area contributed by atoms with Gasteiger partial charge in [-0.25, -0.2) is 0 Å². The monoisotopic (exact) mass is 146 g/mol. The zero-order valence-electron chi connectivity index (χ0n) is 7.01. The summed E-state index contributed by atoms with van der Waals surface area (Å²) in [6.07, 6.45) is 12.6. The highest BCUT2D eigenvalue weighted by molar-refractivity contribution is 5.25. The van der Waals surface area contributed by atoms with Crippen LogP contribution in [0.4, 0.5) is 0 Å². The van der Waals surface area contributed by atoms with Crippen molar-refractivity contribution in [2.75, 3.05) is 0 Å². The lowest BCUT2D eigenvalue weighted by Crippen LogP contribution is -1.78. The summed E-state index contributed by atoms with van der Waals surface area (Å²) in [7, 11) is 0. The third-order valence-electron chi connectivity index (χ3n) is 1.78. The minimum absolute atomic E-state index is 1.08. The summed E-state index contributed by atoms with van der Waals surface area (Å²) in [6, 6.07) is 0. The number of hydrogen-bond donors (Lipinski definition) is 0. The fourth-order valence-corrected chi connectivity index (χ4v) is 1.00. The fraction of sp³-hybridized carbons (Fsp3) is 0.273. The first-order chi connectivity index (χ1) is 5.29. The zero-order chi connectivity index (χ0) is 8.10. The second-order valence-electron chi connectivity index (χ2n) is 2.92. The van der Waals surface area contributed by atoms with Gasteiger partial charge in [0.05, 0.1) is 0 Å². The Hall–Kier alpha value is -1.04. The molecule has 58 valence electrons. The third-order valence-corrected chi connectivity index (χ3v) is 1.78. The maximum Gasteiger partial charge on any atom is -0.0247 e. The predicted molar refractivity (Wildman–Crippen MR) is 50.4 cm³/mol. The molecule has 1 rings (SSSR count). The molecule has 0 heteroatoms. The van der Waals surface area contributed by atoms with Crippen molar-refractivity contribution in [1.29, 1.82) is 0 Å². The van der Waals surface area contributed by atoms with E-state index in [2.05, 4.69) is 31.7 Å². The van der Waals surface area contributed by atoms with Crippen LogP contribution in [0.2, 0.25) is 0 Å². The third kappa shape index (κ3) is 3.03. The highest BCUT2D eigenvalue weighted by atomic mass is 14.0. The molecular weight excluding hydrogens is 132 g/mol. The SMILES string of the molecule is C=C1/C=C/C=C\C=C(/C)CC1. The average molecular weight is 146 g/mol. The summed E-state index contributed by atoms with van der Waals surface area (Å²) in [5.41, 5.74) is 2.63. The van der Waals surface area contributed by atoms with Crippen LogP contribution in [0, 0.1) is 0 Å². The van der Waals surface area contributed by atoms with E-state index in [1.807, 2.05) is 12.2 Å². The summed E-state index contributed by atoms with van der Waals surface area (Å²) in [5.74, 6) is 0. The van der Waals surface area contributed by atoms with Gasteiger partial charge in [-0.05, 0) is 19.8 Å². The van der Waals surface area contributed by atoms with Gasteiger partial charge in [-0.2, -0.15) is 0 Å². The molecule has 0 radical (unpaired) electrons. The van der Waals surface area contributed by atoms with E-state index in [4.69, 9.17) is 0 Å². The lowest BCUT2D eigenvalue weighted by Gasteiger charge is -1.98. The first kappa shape index (κ1) is 8.06. The molecule has 0 heterocycles. The van der Waals surface area contributed by atoms with Gasteiger partial charge in [-0.3, -0.25) is 0 Å². The van der Waals surface area contributed by atoms with Crippen LogP contribution in [0.3, 0.4) is 0 Å². The summed E-state index contributed by atoms with van der Waals surface area (Å²) in [6.45, 7) is 6.10. The molecule has 1 aliphatic carbocycles. The molecule has 0 aromatic carbocycles. The molecule has 0 fully saturated rings. The van der Waals surface area contributed by atoms with Gasteiger partial charge in [0.2, 0.25) is 0 Å². The molecule has 0 aromatic heterocycles. The van der Waals surface area contributed by atoms with Crippen LogP contribution in [0.5, 0.6) is 0 Å². The van der Waals surface area contributed by atoms with Crippen LogP contribution in [0.1, 0.15) is 19.8 Å². The molecule has 0 nitrogen and oxygen atoms in total. The van der Waals surface area contributed by atoms with Crippen molar-refractivity contribution in [2.45, 2.75) is 19.8 Å². The Balaban J connectivity index is 2.71. The van der Waals surface area contributed by atoms with Gasteiger partial charge in [0.15, 0.2) is 0 Å². The van der Waals surface area contributed by atoms with Crippen molar-refractivity contribution in [1.82, 2.24) is 0 Å². The molecule has 0 aliphatic heterocycles. The normalized spacial score (nSPS) is 29.2. The van der Waals surface area contributed by atoms with Gasteiger partial charge in [-0.1, -0.05) is 48.1 Å². The zero-order valence-corrected chi connectivity index (χ0v) is 7.01. The quantitative estimate of drug-likeness (QED) is 0.491. The van der Waals surface area contributed by atoms with Crippen LogP contribution in [0.15, 0.2) is 48.1 Å². The maximum absolute atomic E-state index is 3.94. The number of rotatable bonds is 0. The standard InChI is InChI=1S/C11H14/c1-10-6-4-3-5-7-11(2)9-8-10/h3-7H,1,8-9H2,2H3/b5-3-,6-4+,11-7+. The molecule has 11 heavy (non-hydrogen) atoms. The minimum Gasteiger partial charge on any atom is -0.0958 e.